The molecule has 1 fully saturated rings. The summed E-state index contributed by atoms with van der Waals surface area (Å²) in [7, 11) is 0. The molecular formula is C13H18BrNO2. The van der Waals surface area contributed by atoms with E-state index in [0.717, 1.165) is 18.7 Å². The van der Waals surface area contributed by atoms with Gasteiger partial charge in [0.2, 0.25) is 0 Å². The van der Waals surface area contributed by atoms with E-state index in [4.69, 9.17) is 0 Å². The second-order valence-electron chi connectivity index (χ2n) is 4.50. The van der Waals surface area contributed by atoms with Gasteiger partial charge >= 0.3 is 5.97 Å². The van der Waals surface area contributed by atoms with Gasteiger partial charge < -0.3 is 10.4 Å². The van der Waals surface area contributed by atoms with Crippen molar-refractivity contribution in [1.82, 2.24) is 5.32 Å². The lowest BCUT2D eigenvalue weighted by molar-refractivity contribution is -0.147. The predicted octanol–water partition coefficient (Wildman–Crippen LogP) is 2.22. The van der Waals surface area contributed by atoms with Crippen molar-refractivity contribution in [3.8, 4) is 0 Å². The second-order valence-corrected chi connectivity index (χ2v) is 4.50. The van der Waals surface area contributed by atoms with Gasteiger partial charge in [-0.25, -0.2) is 0 Å². The largest absolute Gasteiger partial charge is 0.481 e. The molecule has 1 heterocycles. The van der Waals surface area contributed by atoms with Crippen LogP contribution >= 0.6 is 17.0 Å². The van der Waals surface area contributed by atoms with Gasteiger partial charge in [0.1, 0.15) is 0 Å². The van der Waals surface area contributed by atoms with Crippen LogP contribution in [-0.4, -0.2) is 24.2 Å². The Morgan fingerprint density at radius 3 is 2.59 bits per heavy atom. The van der Waals surface area contributed by atoms with Gasteiger partial charge in [-0.2, -0.15) is 0 Å². The molecule has 3 nitrogen and oxygen atoms in total. The lowest BCUT2D eigenvalue weighted by Gasteiger charge is -2.39. The Morgan fingerprint density at radius 2 is 2.06 bits per heavy atom. The minimum absolute atomic E-state index is 0. The molecular weight excluding hydrogens is 282 g/mol. The third kappa shape index (κ3) is 2.38. The fraction of sp³-hybridized carbons (Fsp3) is 0.462. The van der Waals surface area contributed by atoms with E-state index in [2.05, 4.69) is 5.32 Å². The Balaban J connectivity index is 0.00000144. The third-order valence-corrected chi connectivity index (χ3v) is 3.66. The number of carboxylic acids is 1. The van der Waals surface area contributed by atoms with Crippen LogP contribution in [-0.2, 0) is 10.2 Å². The van der Waals surface area contributed by atoms with Gasteiger partial charge in [-0.1, -0.05) is 37.3 Å². The highest BCUT2D eigenvalue weighted by atomic mass is 79.9. The highest BCUT2D eigenvalue weighted by molar-refractivity contribution is 8.93. The standard InChI is InChI=1S/C13H17NO2.BrH/c1-10-9-14-8-7-13(10,12(15)16)11-5-3-2-4-6-11;/h2-6,10,14H,7-9H2,1H3,(H,15,16);1H/t10-,13-;/m0./s1. The molecule has 0 unspecified atom stereocenters. The molecule has 1 saturated heterocycles. The molecule has 0 aromatic heterocycles. The Morgan fingerprint density at radius 1 is 1.41 bits per heavy atom. The molecule has 2 atom stereocenters. The SMILES string of the molecule is Br.C[C@H]1CNCC[C@@]1(C(=O)O)c1ccccc1. The predicted molar refractivity (Wildman–Crippen MR) is 72.7 cm³/mol. The van der Waals surface area contributed by atoms with E-state index < -0.39 is 11.4 Å². The zero-order valence-corrected chi connectivity index (χ0v) is 11.6. The molecule has 1 aliphatic rings. The van der Waals surface area contributed by atoms with Crippen LogP contribution in [0.3, 0.4) is 0 Å². The first-order valence-corrected chi connectivity index (χ1v) is 5.67. The van der Waals surface area contributed by atoms with E-state index in [1.54, 1.807) is 0 Å². The summed E-state index contributed by atoms with van der Waals surface area (Å²) in [5.41, 5.74) is 0.212. The number of rotatable bonds is 2. The first-order valence-electron chi connectivity index (χ1n) is 5.67. The summed E-state index contributed by atoms with van der Waals surface area (Å²) in [4.78, 5) is 11.7. The van der Waals surface area contributed by atoms with E-state index >= 15 is 0 Å². The number of hydrogen-bond acceptors (Lipinski definition) is 2. The van der Waals surface area contributed by atoms with Crippen molar-refractivity contribution >= 4 is 23.0 Å². The Hall–Kier alpha value is -0.870. The minimum atomic E-state index is -0.716. The maximum absolute atomic E-state index is 11.7. The summed E-state index contributed by atoms with van der Waals surface area (Å²) in [5.74, 6) is -0.589. The first-order chi connectivity index (χ1) is 7.68. The molecule has 0 amide bonds. The Bertz CT molecular complexity index is 382. The summed E-state index contributed by atoms with van der Waals surface area (Å²) in [6.45, 7) is 3.54. The summed E-state index contributed by atoms with van der Waals surface area (Å²) in [6, 6.07) is 9.60. The maximum Gasteiger partial charge on any atom is 0.314 e. The van der Waals surface area contributed by atoms with Crippen LogP contribution in [0.5, 0.6) is 0 Å². The molecule has 0 bridgehead atoms. The molecule has 2 rings (SSSR count). The number of benzene rings is 1. The molecule has 1 aliphatic heterocycles. The minimum Gasteiger partial charge on any atom is -0.481 e. The van der Waals surface area contributed by atoms with Gasteiger partial charge in [-0.15, -0.1) is 17.0 Å². The van der Waals surface area contributed by atoms with Crippen LogP contribution in [0, 0.1) is 5.92 Å². The number of nitrogens with one attached hydrogen (secondary N) is 1. The Labute approximate surface area is 112 Å². The fourth-order valence-electron chi connectivity index (χ4n) is 2.63. The van der Waals surface area contributed by atoms with Gasteiger partial charge in [-0.05, 0) is 31.0 Å². The molecule has 1 aromatic rings. The van der Waals surface area contributed by atoms with Gasteiger partial charge in [0.15, 0.2) is 0 Å². The van der Waals surface area contributed by atoms with Crippen molar-refractivity contribution in [3.63, 3.8) is 0 Å². The van der Waals surface area contributed by atoms with Crippen molar-refractivity contribution in [3.05, 3.63) is 35.9 Å². The van der Waals surface area contributed by atoms with Crippen molar-refractivity contribution in [1.29, 1.82) is 0 Å². The lowest BCUT2D eigenvalue weighted by atomic mass is 9.67. The summed E-state index contributed by atoms with van der Waals surface area (Å²) < 4.78 is 0. The maximum atomic E-state index is 11.7. The van der Waals surface area contributed by atoms with E-state index in [1.807, 2.05) is 37.3 Å². The van der Waals surface area contributed by atoms with E-state index in [0.29, 0.717) is 6.42 Å². The molecule has 1 aromatic carbocycles. The average molecular weight is 300 g/mol. The van der Waals surface area contributed by atoms with Crippen LogP contribution in [0.15, 0.2) is 30.3 Å². The van der Waals surface area contributed by atoms with Crippen LogP contribution in [0.25, 0.3) is 0 Å². The van der Waals surface area contributed by atoms with Crippen molar-refractivity contribution in [2.24, 2.45) is 5.92 Å². The van der Waals surface area contributed by atoms with Crippen LogP contribution < -0.4 is 5.32 Å². The highest BCUT2D eigenvalue weighted by Crippen LogP contribution is 2.37. The molecule has 0 radical (unpaired) electrons. The van der Waals surface area contributed by atoms with E-state index in [1.165, 1.54) is 0 Å². The van der Waals surface area contributed by atoms with Gasteiger partial charge in [-0.3, -0.25) is 4.79 Å². The molecule has 94 valence electrons. The topological polar surface area (TPSA) is 49.3 Å². The third-order valence-electron chi connectivity index (χ3n) is 3.66. The molecule has 0 saturated carbocycles. The molecule has 0 aliphatic carbocycles. The Kier molecular flexibility index (Phi) is 4.71. The molecule has 17 heavy (non-hydrogen) atoms. The normalized spacial score (nSPS) is 28.2. The first kappa shape index (κ1) is 14.2. The molecule has 4 heteroatoms. The quantitative estimate of drug-likeness (QED) is 0.880. The summed E-state index contributed by atoms with van der Waals surface area (Å²) in [5, 5.41) is 12.8. The number of carboxylic acid groups (broad SMARTS) is 1. The van der Waals surface area contributed by atoms with Crippen molar-refractivity contribution in [2.45, 2.75) is 18.8 Å². The molecule has 2 N–H and O–H groups in total. The fourth-order valence-corrected chi connectivity index (χ4v) is 2.63. The molecule has 0 spiro atoms. The second kappa shape index (κ2) is 5.65. The number of halogens is 1. The van der Waals surface area contributed by atoms with Crippen LogP contribution in [0.1, 0.15) is 18.9 Å². The zero-order chi connectivity index (χ0) is 11.6. The number of piperidine rings is 1. The zero-order valence-electron chi connectivity index (χ0n) is 9.85. The lowest BCUT2D eigenvalue weighted by Crippen LogP contribution is -2.51. The monoisotopic (exact) mass is 299 g/mol. The smallest absolute Gasteiger partial charge is 0.314 e. The van der Waals surface area contributed by atoms with Crippen LogP contribution in [0.2, 0.25) is 0 Å². The van der Waals surface area contributed by atoms with Crippen molar-refractivity contribution in [2.75, 3.05) is 13.1 Å². The highest BCUT2D eigenvalue weighted by Gasteiger charge is 2.46. The van der Waals surface area contributed by atoms with Crippen LogP contribution in [0.4, 0.5) is 0 Å². The summed E-state index contributed by atoms with van der Waals surface area (Å²) in [6.07, 6.45) is 0.660. The number of hydrogen-bond donors (Lipinski definition) is 2. The van der Waals surface area contributed by atoms with Gasteiger partial charge in [0.05, 0.1) is 5.41 Å². The average Bonchev–Trinajstić information content (AvgIpc) is 2.30. The number of carbonyl (C=O) groups is 1. The van der Waals surface area contributed by atoms with Gasteiger partial charge in [0, 0.05) is 0 Å². The van der Waals surface area contributed by atoms with Crippen molar-refractivity contribution < 1.29 is 9.90 Å². The van der Waals surface area contributed by atoms with E-state index in [9.17, 15) is 9.90 Å². The number of aliphatic carboxylic acids is 1. The van der Waals surface area contributed by atoms with E-state index in [-0.39, 0.29) is 22.9 Å². The summed E-state index contributed by atoms with van der Waals surface area (Å²) >= 11 is 0. The van der Waals surface area contributed by atoms with Gasteiger partial charge in [0.25, 0.3) is 0 Å².